The lowest BCUT2D eigenvalue weighted by Gasteiger charge is -2.16. The molecular formula is C22H27N5O5. The standard InChI is InChI=1S/C22H27N5O5/c1-14-4-2-6-27-19(14)25-20-17(22(27)30)12-16(18(23)26(20)7-10-31-11-8-28)21(29)24-13-15-5-3-9-32-15/h2,4,6,12,15,23,28H,3,5,7-11,13H2,1H3,(H,24,29)/t15-/m1/s1. The number of ether oxygens (including phenoxy) is 2. The van der Waals surface area contributed by atoms with Crippen molar-refractivity contribution in [3.63, 3.8) is 0 Å². The fraction of sp³-hybridized carbons (Fsp3) is 0.455. The first-order valence-corrected chi connectivity index (χ1v) is 10.7. The zero-order valence-electron chi connectivity index (χ0n) is 18.0. The van der Waals surface area contributed by atoms with Gasteiger partial charge in [-0.2, -0.15) is 0 Å². The Hall–Kier alpha value is -3.08. The van der Waals surface area contributed by atoms with Gasteiger partial charge in [0.05, 0.1) is 36.9 Å². The second-order valence-corrected chi connectivity index (χ2v) is 7.78. The topological polar surface area (TPSA) is 131 Å². The van der Waals surface area contributed by atoms with Gasteiger partial charge in [0, 0.05) is 25.9 Å². The van der Waals surface area contributed by atoms with Crippen LogP contribution in [0.5, 0.6) is 0 Å². The molecule has 1 aliphatic rings. The van der Waals surface area contributed by atoms with Gasteiger partial charge in [-0.1, -0.05) is 6.07 Å². The van der Waals surface area contributed by atoms with E-state index < -0.39 is 5.91 Å². The number of aliphatic hydroxyl groups excluding tert-OH is 1. The van der Waals surface area contributed by atoms with Gasteiger partial charge in [-0.3, -0.25) is 19.4 Å². The molecule has 4 rings (SSSR count). The molecule has 1 aliphatic heterocycles. The highest BCUT2D eigenvalue weighted by Gasteiger charge is 2.20. The molecule has 1 saturated heterocycles. The molecule has 0 unspecified atom stereocenters. The van der Waals surface area contributed by atoms with Crippen LogP contribution in [0, 0.1) is 12.3 Å². The minimum atomic E-state index is -0.439. The van der Waals surface area contributed by atoms with E-state index in [4.69, 9.17) is 20.0 Å². The van der Waals surface area contributed by atoms with Crippen molar-refractivity contribution in [1.82, 2.24) is 19.3 Å². The van der Waals surface area contributed by atoms with Crippen LogP contribution in [0.2, 0.25) is 0 Å². The van der Waals surface area contributed by atoms with Gasteiger partial charge in [-0.05, 0) is 37.5 Å². The summed E-state index contributed by atoms with van der Waals surface area (Å²) in [5.41, 5.74) is 1.35. The van der Waals surface area contributed by atoms with Crippen molar-refractivity contribution >= 4 is 22.6 Å². The zero-order valence-corrected chi connectivity index (χ0v) is 18.0. The summed E-state index contributed by atoms with van der Waals surface area (Å²) in [6, 6.07) is 5.07. The Kier molecular flexibility index (Phi) is 6.63. The van der Waals surface area contributed by atoms with Crippen molar-refractivity contribution in [2.75, 3.05) is 33.0 Å². The number of aromatic nitrogens is 3. The lowest BCUT2D eigenvalue weighted by molar-refractivity contribution is 0.0846. The molecule has 3 aromatic rings. The molecule has 10 heteroatoms. The number of nitrogens with zero attached hydrogens (tertiary/aromatic N) is 3. The molecule has 4 heterocycles. The molecule has 0 saturated carbocycles. The smallest absolute Gasteiger partial charge is 0.267 e. The third-order valence-electron chi connectivity index (χ3n) is 5.59. The van der Waals surface area contributed by atoms with Crippen LogP contribution in [0.1, 0.15) is 28.8 Å². The Balaban J connectivity index is 1.81. The van der Waals surface area contributed by atoms with Gasteiger partial charge in [0.1, 0.15) is 16.8 Å². The maximum Gasteiger partial charge on any atom is 0.267 e. The van der Waals surface area contributed by atoms with E-state index in [1.165, 1.54) is 15.0 Å². The fourth-order valence-electron chi connectivity index (χ4n) is 3.92. The van der Waals surface area contributed by atoms with Gasteiger partial charge in [0.2, 0.25) is 0 Å². The molecule has 32 heavy (non-hydrogen) atoms. The van der Waals surface area contributed by atoms with Crippen molar-refractivity contribution in [2.45, 2.75) is 32.4 Å². The van der Waals surface area contributed by atoms with E-state index in [-0.39, 0.29) is 54.5 Å². The number of carbonyl (C=O) groups excluding carboxylic acids is 1. The van der Waals surface area contributed by atoms with Gasteiger partial charge >= 0.3 is 0 Å². The SMILES string of the molecule is Cc1cccn2c(=O)c3cc(C(=O)NC[C@H]4CCCO4)c(=N)n(CCOCCO)c3nc12. The molecule has 3 N–H and O–H groups in total. The van der Waals surface area contributed by atoms with Crippen LogP contribution >= 0.6 is 0 Å². The Morgan fingerprint density at radius 1 is 1.41 bits per heavy atom. The molecule has 0 spiro atoms. The van der Waals surface area contributed by atoms with E-state index in [9.17, 15) is 9.59 Å². The number of carbonyl (C=O) groups is 1. The van der Waals surface area contributed by atoms with Crippen LogP contribution in [0.3, 0.4) is 0 Å². The maximum absolute atomic E-state index is 13.3. The van der Waals surface area contributed by atoms with Crippen molar-refractivity contribution in [2.24, 2.45) is 0 Å². The van der Waals surface area contributed by atoms with E-state index in [0.29, 0.717) is 24.4 Å². The molecule has 0 radical (unpaired) electrons. The number of aliphatic hydroxyl groups is 1. The molecule has 1 atom stereocenters. The molecule has 0 bridgehead atoms. The molecule has 10 nitrogen and oxygen atoms in total. The quantitative estimate of drug-likeness (QED) is 0.342. The van der Waals surface area contributed by atoms with Crippen LogP contribution in [0.15, 0.2) is 29.2 Å². The second kappa shape index (κ2) is 9.60. The second-order valence-electron chi connectivity index (χ2n) is 7.78. The normalized spacial score (nSPS) is 16.1. The van der Waals surface area contributed by atoms with E-state index in [2.05, 4.69) is 10.3 Å². The van der Waals surface area contributed by atoms with Crippen LogP contribution in [0.4, 0.5) is 0 Å². The average molecular weight is 441 g/mol. The van der Waals surface area contributed by atoms with Crippen molar-refractivity contribution < 1.29 is 19.4 Å². The minimum absolute atomic E-state index is 0.0354. The van der Waals surface area contributed by atoms with Gasteiger partial charge in [0.15, 0.2) is 0 Å². The fourth-order valence-corrected chi connectivity index (χ4v) is 3.92. The molecule has 0 aromatic carbocycles. The van der Waals surface area contributed by atoms with Crippen LogP contribution in [0.25, 0.3) is 16.7 Å². The van der Waals surface area contributed by atoms with Crippen LogP contribution in [-0.2, 0) is 16.0 Å². The van der Waals surface area contributed by atoms with Gasteiger partial charge in [-0.15, -0.1) is 0 Å². The number of hydrogen-bond donors (Lipinski definition) is 3. The highest BCUT2D eigenvalue weighted by atomic mass is 16.5. The summed E-state index contributed by atoms with van der Waals surface area (Å²) in [4.78, 5) is 30.8. The number of fused-ring (bicyclic) bond motifs is 2. The number of rotatable bonds is 8. The lowest BCUT2D eigenvalue weighted by Crippen LogP contribution is -2.38. The molecular weight excluding hydrogens is 414 g/mol. The molecule has 0 aliphatic carbocycles. The summed E-state index contributed by atoms with van der Waals surface area (Å²) >= 11 is 0. The molecule has 1 amide bonds. The van der Waals surface area contributed by atoms with Gasteiger partial charge in [-0.25, -0.2) is 4.98 Å². The Bertz CT molecular complexity index is 1260. The van der Waals surface area contributed by atoms with Crippen molar-refractivity contribution in [1.29, 1.82) is 5.41 Å². The predicted molar refractivity (Wildman–Crippen MR) is 117 cm³/mol. The molecule has 1 fully saturated rings. The van der Waals surface area contributed by atoms with Crippen LogP contribution < -0.4 is 16.4 Å². The summed E-state index contributed by atoms with van der Waals surface area (Å²) in [5.74, 6) is -0.439. The van der Waals surface area contributed by atoms with Crippen LogP contribution in [-0.4, -0.2) is 64.0 Å². The number of pyridine rings is 2. The lowest BCUT2D eigenvalue weighted by atomic mass is 10.1. The Morgan fingerprint density at radius 2 is 2.25 bits per heavy atom. The predicted octanol–water partition coefficient (Wildman–Crippen LogP) is 0.355. The summed E-state index contributed by atoms with van der Waals surface area (Å²) in [6.07, 6.45) is 3.44. The highest BCUT2D eigenvalue weighted by Crippen LogP contribution is 2.14. The van der Waals surface area contributed by atoms with Gasteiger partial charge in [0.25, 0.3) is 11.5 Å². The van der Waals surface area contributed by atoms with Crippen molar-refractivity contribution in [3.8, 4) is 0 Å². The maximum atomic E-state index is 13.3. The first-order chi connectivity index (χ1) is 15.5. The van der Waals surface area contributed by atoms with Crippen molar-refractivity contribution in [3.05, 3.63) is 51.4 Å². The van der Waals surface area contributed by atoms with Gasteiger partial charge < -0.3 is 24.5 Å². The monoisotopic (exact) mass is 441 g/mol. The number of amides is 1. The third kappa shape index (κ3) is 4.29. The van der Waals surface area contributed by atoms with E-state index in [1.807, 2.05) is 13.0 Å². The largest absolute Gasteiger partial charge is 0.394 e. The minimum Gasteiger partial charge on any atom is -0.394 e. The number of aryl methyl sites for hydroxylation is 1. The molecule has 170 valence electrons. The van der Waals surface area contributed by atoms with E-state index in [0.717, 1.165) is 18.4 Å². The highest BCUT2D eigenvalue weighted by molar-refractivity contribution is 5.96. The van der Waals surface area contributed by atoms with E-state index in [1.54, 1.807) is 12.3 Å². The summed E-state index contributed by atoms with van der Waals surface area (Å²) in [6.45, 7) is 3.34. The summed E-state index contributed by atoms with van der Waals surface area (Å²) in [5, 5.41) is 20.7. The number of hydrogen-bond acceptors (Lipinski definition) is 7. The number of nitrogens with one attached hydrogen (secondary N) is 2. The zero-order chi connectivity index (χ0) is 22.7. The Morgan fingerprint density at radius 3 is 3.00 bits per heavy atom. The first-order valence-electron chi connectivity index (χ1n) is 10.7. The first kappa shape index (κ1) is 22.1. The molecule has 3 aromatic heterocycles. The summed E-state index contributed by atoms with van der Waals surface area (Å²) < 4.78 is 13.9. The third-order valence-corrected chi connectivity index (χ3v) is 5.59. The Labute approximate surface area is 183 Å². The van der Waals surface area contributed by atoms with E-state index >= 15 is 0 Å². The average Bonchev–Trinajstić information content (AvgIpc) is 3.31. The summed E-state index contributed by atoms with van der Waals surface area (Å²) in [7, 11) is 0.